The van der Waals surface area contributed by atoms with Gasteiger partial charge in [0.05, 0.1) is 19.9 Å². The number of hydrogen-bond donors (Lipinski definition) is 0. The van der Waals surface area contributed by atoms with E-state index < -0.39 is 0 Å². The third-order valence-corrected chi connectivity index (χ3v) is 9.96. The lowest BCUT2D eigenvalue weighted by atomic mass is 9.68. The van der Waals surface area contributed by atoms with Crippen molar-refractivity contribution in [2.75, 3.05) is 19.1 Å². The van der Waals surface area contributed by atoms with Crippen LogP contribution in [0.15, 0.2) is 115 Å². The first-order valence-corrected chi connectivity index (χ1v) is 15.2. The van der Waals surface area contributed by atoms with E-state index in [4.69, 9.17) is 9.47 Å². The fourth-order valence-corrected chi connectivity index (χ4v) is 7.94. The Labute approximate surface area is 256 Å². The summed E-state index contributed by atoms with van der Waals surface area (Å²) in [4.78, 5) is 2.41. The first-order chi connectivity index (χ1) is 21.5. The molecule has 0 saturated heterocycles. The summed E-state index contributed by atoms with van der Waals surface area (Å²) < 4.78 is 11.1. The molecule has 8 aromatic rings. The molecule has 0 spiro atoms. The molecule has 8 aromatic carbocycles. The molecule has 1 aliphatic carbocycles. The molecule has 0 unspecified atom stereocenters. The Hall–Kier alpha value is -5.28. The highest BCUT2D eigenvalue weighted by Crippen LogP contribution is 2.57. The van der Waals surface area contributed by atoms with E-state index in [1.54, 1.807) is 14.2 Å². The molecule has 0 N–H and O–H groups in total. The monoisotopic (exact) mass is 569 g/mol. The van der Waals surface area contributed by atoms with Crippen molar-refractivity contribution in [3.8, 4) is 11.5 Å². The van der Waals surface area contributed by atoms with Crippen molar-refractivity contribution in [2.45, 2.75) is 19.3 Å². The fourth-order valence-electron chi connectivity index (χ4n) is 7.94. The van der Waals surface area contributed by atoms with Crippen LogP contribution in [0.2, 0.25) is 0 Å². The number of rotatable bonds is 5. The quantitative estimate of drug-likeness (QED) is 0.152. The van der Waals surface area contributed by atoms with Gasteiger partial charge in [0.25, 0.3) is 0 Å². The average molecular weight is 570 g/mol. The highest BCUT2D eigenvalue weighted by atomic mass is 16.5. The minimum atomic E-state index is -0.161. The molecule has 212 valence electrons. The minimum absolute atomic E-state index is 0.161. The van der Waals surface area contributed by atoms with Crippen molar-refractivity contribution in [3.63, 3.8) is 0 Å². The second kappa shape index (κ2) is 8.87. The summed E-state index contributed by atoms with van der Waals surface area (Å²) >= 11 is 0. The van der Waals surface area contributed by atoms with Gasteiger partial charge < -0.3 is 14.4 Å². The second-order valence-electron chi connectivity index (χ2n) is 12.4. The van der Waals surface area contributed by atoms with E-state index >= 15 is 0 Å². The van der Waals surface area contributed by atoms with Crippen LogP contribution in [0.1, 0.15) is 25.0 Å². The highest BCUT2D eigenvalue weighted by Gasteiger charge is 2.35. The molecule has 0 radical (unpaired) electrons. The van der Waals surface area contributed by atoms with Crippen LogP contribution in [0.25, 0.3) is 53.9 Å². The minimum Gasteiger partial charge on any atom is -0.497 e. The van der Waals surface area contributed by atoms with Crippen LogP contribution in [0.3, 0.4) is 0 Å². The maximum Gasteiger partial charge on any atom is 0.119 e. The summed E-state index contributed by atoms with van der Waals surface area (Å²) in [5, 5.41) is 13.3. The van der Waals surface area contributed by atoms with Gasteiger partial charge >= 0.3 is 0 Å². The van der Waals surface area contributed by atoms with Gasteiger partial charge in [-0.2, -0.15) is 0 Å². The van der Waals surface area contributed by atoms with Gasteiger partial charge in [-0.15, -0.1) is 0 Å². The summed E-state index contributed by atoms with van der Waals surface area (Å²) in [6.07, 6.45) is 0. The third kappa shape index (κ3) is 3.16. The normalized spacial score (nSPS) is 13.6. The van der Waals surface area contributed by atoms with E-state index in [9.17, 15) is 0 Å². The Kier molecular flexibility index (Phi) is 5.09. The molecule has 0 aliphatic heterocycles. The van der Waals surface area contributed by atoms with E-state index in [2.05, 4.69) is 110 Å². The lowest BCUT2D eigenvalue weighted by Gasteiger charge is -2.37. The van der Waals surface area contributed by atoms with Gasteiger partial charge in [-0.05, 0) is 97.4 Å². The standard InChI is InChI=1S/C41H31NO2/c1-41(2)33-13-7-12-32-37(33)39-36-30(29-9-5-8-24-14-23-34(41)38(39)35(24)29)10-6-11-31(36)40(32)42(25-15-19-27(43-3)20-16-25)26-17-21-28(44-4)22-18-26/h5-23H,1-4H3. The van der Waals surface area contributed by atoms with Crippen LogP contribution < -0.4 is 14.4 Å². The average Bonchev–Trinajstić information content (AvgIpc) is 3.07. The Morgan fingerprint density at radius 3 is 1.61 bits per heavy atom. The first kappa shape index (κ1) is 25.2. The van der Waals surface area contributed by atoms with Gasteiger partial charge in [-0.3, -0.25) is 0 Å². The summed E-state index contributed by atoms with van der Waals surface area (Å²) in [6.45, 7) is 4.78. The molecule has 0 amide bonds. The van der Waals surface area contributed by atoms with E-state index in [0.29, 0.717) is 0 Å². The Morgan fingerprint density at radius 2 is 0.977 bits per heavy atom. The molecular weight excluding hydrogens is 538 g/mol. The predicted molar refractivity (Wildman–Crippen MR) is 185 cm³/mol. The van der Waals surface area contributed by atoms with Crippen molar-refractivity contribution in [1.82, 2.24) is 0 Å². The first-order valence-electron chi connectivity index (χ1n) is 15.2. The molecular formula is C41H31NO2. The van der Waals surface area contributed by atoms with Crippen molar-refractivity contribution < 1.29 is 9.47 Å². The molecule has 0 heterocycles. The Morgan fingerprint density at radius 1 is 0.455 bits per heavy atom. The summed E-state index contributed by atoms with van der Waals surface area (Å²) in [5.74, 6) is 1.67. The third-order valence-electron chi connectivity index (χ3n) is 9.96. The van der Waals surface area contributed by atoms with Crippen LogP contribution in [0.5, 0.6) is 11.5 Å². The van der Waals surface area contributed by atoms with Gasteiger partial charge in [-0.1, -0.05) is 80.6 Å². The van der Waals surface area contributed by atoms with Gasteiger partial charge in [0.2, 0.25) is 0 Å². The molecule has 0 fully saturated rings. The molecule has 1 aliphatic rings. The molecule has 0 saturated carbocycles. The highest BCUT2D eigenvalue weighted by molar-refractivity contribution is 6.42. The van der Waals surface area contributed by atoms with Crippen LogP contribution >= 0.6 is 0 Å². The van der Waals surface area contributed by atoms with Crippen molar-refractivity contribution >= 4 is 70.9 Å². The lowest BCUT2D eigenvalue weighted by Crippen LogP contribution is -2.23. The van der Waals surface area contributed by atoms with Crippen molar-refractivity contribution in [1.29, 1.82) is 0 Å². The maximum atomic E-state index is 5.56. The molecule has 3 heteroatoms. The number of benzene rings is 8. The van der Waals surface area contributed by atoms with Crippen LogP contribution in [0.4, 0.5) is 17.1 Å². The largest absolute Gasteiger partial charge is 0.497 e. The Bertz CT molecular complexity index is 2370. The van der Waals surface area contributed by atoms with Crippen LogP contribution in [0, 0.1) is 0 Å². The van der Waals surface area contributed by atoms with E-state index in [1.165, 1.54) is 70.7 Å². The van der Waals surface area contributed by atoms with Gasteiger partial charge in [0.15, 0.2) is 0 Å². The maximum absolute atomic E-state index is 5.56. The zero-order valence-electron chi connectivity index (χ0n) is 25.2. The predicted octanol–water partition coefficient (Wildman–Crippen LogP) is 11.0. The lowest BCUT2D eigenvalue weighted by molar-refractivity contribution is 0.415. The van der Waals surface area contributed by atoms with E-state index in [-0.39, 0.29) is 5.41 Å². The van der Waals surface area contributed by atoms with Gasteiger partial charge in [0.1, 0.15) is 11.5 Å². The summed E-state index contributed by atoms with van der Waals surface area (Å²) in [6, 6.07) is 42.0. The zero-order valence-corrected chi connectivity index (χ0v) is 25.2. The molecule has 0 aromatic heterocycles. The van der Waals surface area contributed by atoms with Gasteiger partial charge in [0, 0.05) is 32.9 Å². The zero-order chi connectivity index (χ0) is 29.7. The van der Waals surface area contributed by atoms with Gasteiger partial charge in [-0.25, -0.2) is 0 Å². The molecule has 44 heavy (non-hydrogen) atoms. The van der Waals surface area contributed by atoms with E-state index in [1.807, 2.05) is 24.3 Å². The SMILES string of the molecule is COc1ccc(N(c2ccc(OC)cc2)c2c3cccc4c3c3c5c(ccc6cccc(c7cccc2c73)c65)C4(C)C)cc1. The molecule has 0 bridgehead atoms. The number of ether oxygens (including phenoxy) is 2. The molecule has 9 rings (SSSR count). The number of anilines is 3. The summed E-state index contributed by atoms with van der Waals surface area (Å²) in [7, 11) is 3.43. The second-order valence-corrected chi connectivity index (χ2v) is 12.4. The molecule has 0 atom stereocenters. The molecule has 3 nitrogen and oxygen atoms in total. The van der Waals surface area contributed by atoms with Crippen molar-refractivity contribution in [2.24, 2.45) is 0 Å². The smallest absolute Gasteiger partial charge is 0.119 e. The van der Waals surface area contributed by atoms with Crippen LogP contribution in [-0.2, 0) is 5.41 Å². The topological polar surface area (TPSA) is 21.7 Å². The number of methoxy groups -OCH3 is 2. The summed E-state index contributed by atoms with van der Waals surface area (Å²) in [5.41, 5.74) is 5.94. The number of nitrogens with zero attached hydrogens (tertiary/aromatic N) is 1. The van der Waals surface area contributed by atoms with Crippen molar-refractivity contribution in [3.05, 3.63) is 126 Å². The number of hydrogen-bond acceptors (Lipinski definition) is 3. The van der Waals surface area contributed by atoms with E-state index in [0.717, 1.165) is 22.9 Å². The van der Waals surface area contributed by atoms with Crippen LogP contribution in [-0.4, -0.2) is 14.2 Å². The Balaban J connectivity index is 1.53. The number of fused-ring (bicyclic) bond motifs is 1. The fraction of sp³-hybridized carbons (Fsp3) is 0.122.